The van der Waals surface area contributed by atoms with Crippen LogP contribution in [0.25, 0.3) is 0 Å². The molecule has 0 atom stereocenters. The predicted octanol–water partition coefficient (Wildman–Crippen LogP) is 1.77. The highest BCUT2D eigenvalue weighted by Gasteiger charge is 2.15. The van der Waals surface area contributed by atoms with Gasteiger partial charge in [0.1, 0.15) is 0 Å². The van der Waals surface area contributed by atoms with Gasteiger partial charge in [0.15, 0.2) is 12.4 Å². The highest BCUT2D eigenvalue weighted by molar-refractivity contribution is 5.94. The molecule has 2 rings (SSSR count). The van der Waals surface area contributed by atoms with Crippen LogP contribution in [-0.4, -0.2) is 11.9 Å². The second kappa shape index (κ2) is 5.66. The molecule has 4 heteroatoms. The summed E-state index contributed by atoms with van der Waals surface area (Å²) in [7, 11) is 0. The van der Waals surface area contributed by atoms with Crippen LogP contribution in [0.5, 0.6) is 0 Å². The molecule has 0 bridgehead atoms. The van der Waals surface area contributed by atoms with Crippen molar-refractivity contribution in [3.05, 3.63) is 35.3 Å². The van der Waals surface area contributed by atoms with Gasteiger partial charge < -0.3 is 10.5 Å². The van der Waals surface area contributed by atoms with E-state index >= 15 is 0 Å². The van der Waals surface area contributed by atoms with E-state index < -0.39 is 0 Å². The Hall–Kier alpha value is -1.58. The maximum absolute atomic E-state index is 11.9. The smallest absolute Gasteiger partial charge is 0.251 e. The van der Waals surface area contributed by atoms with Crippen LogP contribution < -0.4 is 10.0 Å². The normalized spacial score (nSPS) is 17.4. The number of rotatable bonds is 2. The van der Waals surface area contributed by atoms with E-state index in [1.165, 1.54) is 38.1 Å². The first-order valence-corrected chi connectivity index (χ1v) is 6.25. The van der Waals surface area contributed by atoms with E-state index in [-0.39, 0.29) is 5.91 Å². The van der Waals surface area contributed by atoms with Gasteiger partial charge in [-0.05, 0) is 12.8 Å². The Kier molecular flexibility index (Phi) is 3.96. The highest BCUT2D eigenvalue weighted by atomic mass is 16.5. The average Bonchev–Trinajstić information content (AvgIpc) is 2.58. The van der Waals surface area contributed by atoms with E-state index in [0.717, 1.165) is 12.8 Å². The topological polar surface area (TPSA) is 56.0 Å². The van der Waals surface area contributed by atoms with E-state index in [1.807, 2.05) is 0 Å². The molecule has 0 spiro atoms. The Morgan fingerprint density at radius 3 is 2.35 bits per heavy atom. The predicted molar refractivity (Wildman–Crippen MR) is 64.4 cm³/mol. The fraction of sp³-hybridized carbons (Fsp3) is 0.538. The second-order valence-corrected chi connectivity index (χ2v) is 4.61. The van der Waals surface area contributed by atoms with E-state index in [9.17, 15) is 10.0 Å². The van der Waals surface area contributed by atoms with Crippen molar-refractivity contribution >= 4 is 5.91 Å². The first-order chi connectivity index (χ1) is 8.25. The van der Waals surface area contributed by atoms with Crippen LogP contribution >= 0.6 is 0 Å². The number of carbonyl (C=O) groups is 1. The zero-order valence-electron chi connectivity index (χ0n) is 9.89. The van der Waals surface area contributed by atoms with Gasteiger partial charge in [0, 0.05) is 18.2 Å². The molecule has 1 amide bonds. The largest absolute Gasteiger partial charge is 0.619 e. The molecule has 92 valence electrons. The van der Waals surface area contributed by atoms with Crippen LogP contribution in [0.4, 0.5) is 0 Å². The van der Waals surface area contributed by atoms with Gasteiger partial charge in [-0.1, -0.05) is 25.7 Å². The first-order valence-electron chi connectivity index (χ1n) is 6.25. The second-order valence-electron chi connectivity index (χ2n) is 4.61. The highest BCUT2D eigenvalue weighted by Crippen LogP contribution is 2.17. The molecular formula is C13H18N2O2. The molecule has 0 saturated heterocycles. The lowest BCUT2D eigenvalue weighted by molar-refractivity contribution is -0.605. The van der Waals surface area contributed by atoms with Crippen LogP contribution in [0.15, 0.2) is 24.5 Å². The van der Waals surface area contributed by atoms with Gasteiger partial charge in [-0.2, -0.15) is 4.73 Å². The minimum atomic E-state index is -0.0718. The molecule has 0 unspecified atom stereocenters. The van der Waals surface area contributed by atoms with Gasteiger partial charge in [-0.15, -0.1) is 0 Å². The summed E-state index contributed by atoms with van der Waals surface area (Å²) in [5.41, 5.74) is 0.557. The summed E-state index contributed by atoms with van der Waals surface area (Å²) in [6.45, 7) is 0. The summed E-state index contributed by atoms with van der Waals surface area (Å²) in [6.07, 6.45) is 9.77. The van der Waals surface area contributed by atoms with Gasteiger partial charge >= 0.3 is 0 Å². The molecule has 17 heavy (non-hydrogen) atoms. The van der Waals surface area contributed by atoms with Crippen molar-refractivity contribution in [2.45, 2.75) is 44.6 Å². The lowest BCUT2D eigenvalue weighted by atomic mass is 10.1. The molecule has 0 aromatic carbocycles. The van der Waals surface area contributed by atoms with Crippen LogP contribution in [0, 0.1) is 5.21 Å². The van der Waals surface area contributed by atoms with Crippen LogP contribution in [0.1, 0.15) is 48.9 Å². The van der Waals surface area contributed by atoms with Crippen LogP contribution in [-0.2, 0) is 0 Å². The summed E-state index contributed by atoms with van der Waals surface area (Å²) in [5.74, 6) is -0.0718. The summed E-state index contributed by atoms with van der Waals surface area (Å²) >= 11 is 0. The minimum Gasteiger partial charge on any atom is -0.619 e. The monoisotopic (exact) mass is 234 g/mol. The number of amides is 1. The molecular weight excluding hydrogens is 216 g/mol. The number of hydrogen-bond donors (Lipinski definition) is 1. The average molecular weight is 234 g/mol. The third kappa shape index (κ3) is 3.44. The Balaban J connectivity index is 1.93. The fourth-order valence-corrected chi connectivity index (χ4v) is 2.26. The van der Waals surface area contributed by atoms with Crippen molar-refractivity contribution in [3.8, 4) is 0 Å². The molecule has 1 aromatic heterocycles. The molecule has 0 aliphatic heterocycles. The molecule has 4 nitrogen and oxygen atoms in total. The first kappa shape index (κ1) is 11.9. The van der Waals surface area contributed by atoms with Crippen molar-refractivity contribution in [2.24, 2.45) is 0 Å². The standard InChI is InChI=1S/C13H18N2O2/c16-13(11-7-9-15(17)10-8-11)14-12-5-3-1-2-4-6-12/h7-10,12H,1-6H2,(H,14,16). The van der Waals surface area contributed by atoms with Crippen molar-refractivity contribution in [3.63, 3.8) is 0 Å². The molecule has 1 heterocycles. The summed E-state index contributed by atoms with van der Waals surface area (Å²) in [4.78, 5) is 11.9. The van der Waals surface area contributed by atoms with Gasteiger partial charge in [-0.25, -0.2) is 0 Å². The molecule has 1 fully saturated rings. The lowest BCUT2D eigenvalue weighted by Crippen LogP contribution is -2.35. The Morgan fingerprint density at radius 2 is 1.76 bits per heavy atom. The maximum atomic E-state index is 11.9. The number of nitrogens with one attached hydrogen (secondary N) is 1. The number of pyridine rings is 1. The van der Waals surface area contributed by atoms with Crippen LogP contribution in [0.2, 0.25) is 0 Å². The third-order valence-electron chi connectivity index (χ3n) is 3.25. The Labute approximate surface area is 101 Å². The minimum absolute atomic E-state index is 0.0718. The molecule has 1 aromatic rings. The van der Waals surface area contributed by atoms with Gasteiger partial charge in [0.25, 0.3) is 5.91 Å². The van der Waals surface area contributed by atoms with E-state index in [2.05, 4.69) is 5.32 Å². The van der Waals surface area contributed by atoms with E-state index in [4.69, 9.17) is 0 Å². The quantitative estimate of drug-likeness (QED) is 0.481. The third-order valence-corrected chi connectivity index (χ3v) is 3.25. The summed E-state index contributed by atoms with van der Waals surface area (Å²) in [6, 6.07) is 3.41. The summed E-state index contributed by atoms with van der Waals surface area (Å²) < 4.78 is 0.683. The van der Waals surface area contributed by atoms with Gasteiger partial charge in [0.2, 0.25) is 0 Å². The van der Waals surface area contributed by atoms with E-state index in [0.29, 0.717) is 16.3 Å². The van der Waals surface area contributed by atoms with Crippen molar-refractivity contribution in [2.75, 3.05) is 0 Å². The zero-order chi connectivity index (χ0) is 12.1. The molecule has 1 aliphatic rings. The lowest BCUT2D eigenvalue weighted by Gasteiger charge is -2.15. The van der Waals surface area contributed by atoms with E-state index in [1.54, 1.807) is 12.1 Å². The zero-order valence-corrected chi connectivity index (χ0v) is 9.89. The number of aromatic nitrogens is 1. The van der Waals surface area contributed by atoms with Crippen molar-refractivity contribution in [1.29, 1.82) is 0 Å². The maximum Gasteiger partial charge on any atom is 0.251 e. The Morgan fingerprint density at radius 1 is 1.18 bits per heavy atom. The van der Waals surface area contributed by atoms with Crippen molar-refractivity contribution < 1.29 is 9.52 Å². The summed E-state index contributed by atoms with van der Waals surface area (Å²) in [5, 5.41) is 13.9. The van der Waals surface area contributed by atoms with Crippen molar-refractivity contribution in [1.82, 2.24) is 5.32 Å². The number of carbonyl (C=O) groups excluding carboxylic acids is 1. The SMILES string of the molecule is O=C(NC1CCCCCC1)c1cc[n+]([O-])cc1. The van der Waals surface area contributed by atoms with Gasteiger partial charge in [-0.3, -0.25) is 4.79 Å². The van der Waals surface area contributed by atoms with Crippen LogP contribution in [0.3, 0.4) is 0 Å². The van der Waals surface area contributed by atoms with Gasteiger partial charge in [0.05, 0.1) is 5.56 Å². The fourth-order valence-electron chi connectivity index (χ4n) is 2.26. The number of nitrogens with zero attached hydrogens (tertiary/aromatic N) is 1. The molecule has 1 aliphatic carbocycles. The molecule has 0 radical (unpaired) electrons. The Bertz CT molecular complexity index is 368. The molecule has 1 saturated carbocycles. The molecule has 1 N–H and O–H groups in total. The number of hydrogen-bond acceptors (Lipinski definition) is 2.